The average molecular weight is 326 g/mol. The van der Waals surface area contributed by atoms with Crippen molar-refractivity contribution in [2.45, 2.75) is 25.9 Å². The molecule has 1 aliphatic rings. The lowest BCUT2D eigenvalue weighted by Gasteiger charge is -2.32. The molecule has 0 aromatic heterocycles. The Bertz CT molecular complexity index is 657. The number of carbonyl (C=O) groups is 1. The van der Waals surface area contributed by atoms with E-state index in [1.807, 2.05) is 42.5 Å². The highest BCUT2D eigenvalue weighted by molar-refractivity contribution is 5.78. The van der Waals surface area contributed by atoms with Gasteiger partial charge in [0, 0.05) is 19.6 Å². The van der Waals surface area contributed by atoms with Gasteiger partial charge in [0.05, 0.1) is 5.92 Å². The summed E-state index contributed by atoms with van der Waals surface area (Å²) in [5.74, 6) is -0.0545. The molecule has 2 aromatic carbocycles. The van der Waals surface area contributed by atoms with Crippen LogP contribution in [0.15, 0.2) is 54.6 Å². The summed E-state index contributed by atoms with van der Waals surface area (Å²) >= 11 is 0. The summed E-state index contributed by atoms with van der Waals surface area (Å²) in [4.78, 5) is 14.7. The molecule has 0 radical (unpaired) electrons. The lowest BCUT2D eigenvalue weighted by molar-refractivity contribution is -0.126. The van der Waals surface area contributed by atoms with E-state index in [0.29, 0.717) is 6.54 Å². The van der Waals surface area contributed by atoms with Crippen molar-refractivity contribution < 1.29 is 9.18 Å². The first-order valence-electron chi connectivity index (χ1n) is 8.49. The van der Waals surface area contributed by atoms with Gasteiger partial charge in [0.15, 0.2) is 0 Å². The maximum Gasteiger partial charge on any atom is 0.224 e. The molecule has 0 saturated carbocycles. The number of hydrogen-bond acceptors (Lipinski definition) is 2. The number of halogens is 1. The van der Waals surface area contributed by atoms with E-state index in [1.54, 1.807) is 0 Å². The van der Waals surface area contributed by atoms with Crippen LogP contribution in [0.3, 0.4) is 0 Å². The molecule has 1 saturated heterocycles. The summed E-state index contributed by atoms with van der Waals surface area (Å²) in [5, 5.41) is 3.05. The average Bonchev–Trinajstić information content (AvgIpc) is 2.63. The van der Waals surface area contributed by atoms with E-state index in [1.165, 1.54) is 12.1 Å². The van der Waals surface area contributed by atoms with Crippen LogP contribution in [-0.2, 0) is 17.9 Å². The van der Waals surface area contributed by atoms with E-state index in [4.69, 9.17) is 0 Å². The van der Waals surface area contributed by atoms with Crippen molar-refractivity contribution in [2.24, 2.45) is 5.92 Å². The summed E-state index contributed by atoms with van der Waals surface area (Å²) in [6, 6.07) is 16.6. The molecule has 1 aliphatic heterocycles. The number of nitrogens with zero attached hydrogens (tertiary/aromatic N) is 1. The monoisotopic (exact) mass is 326 g/mol. The number of rotatable bonds is 5. The zero-order valence-electron chi connectivity index (χ0n) is 13.7. The molecule has 3 nitrogen and oxygen atoms in total. The van der Waals surface area contributed by atoms with Crippen LogP contribution in [0.1, 0.15) is 24.0 Å². The van der Waals surface area contributed by atoms with Gasteiger partial charge in [-0.25, -0.2) is 4.39 Å². The van der Waals surface area contributed by atoms with Gasteiger partial charge in [0.25, 0.3) is 0 Å². The second-order valence-corrected chi connectivity index (χ2v) is 6.40. The van der Waals surface area contributed by atoms with Crippen molar-refractivity contribution in [3.05, 3.63) is 71.5 Å². The Morgan fingerprint density at radius 1 is 1.08 bits per heavy atom. The molecule has 1 amide bonds. The van der Waals surface area contributed by atoms with Crippen LogP contribution in [0.4, 0.5) is 4.39 Å². The number of nitrogens with one attached hydrogen (secondary N) is 1. The zero-order chi connectivity index (χ0) is 16.8. The van der Waals surface area contributed by atoms with Gasteiger partial charge in [-0.15, -0.1) is 0 Å². The van der Waals surface area contributed by atoms with Crippen molar-refractivity contribution in [3.63, 3.8) is 0 Å². The second kappa shape index (κ2) is 8.06. The Morgan fingerprint density at radius 2 is 1.83 bits per heavy atom. The molecule has 1 fully saturated rings. The highest BCUT2D eigenvalue weighted by Gasteiger charge is 2.25. The molecule has 0 spiro atoms. The maximum absolute atomic E-state index is 13.0. The molecule has 1 unspecified atom stereocenters. The van der Waals surface area contributed by atoms with Crippen molar-refractivity contribution >= 4 is 5.91 Å². The predicted octanol–water partition coefficient (Wildman–Crippen LogP) is 3.35. The minimum atomic E-state index is -0.212. The minimum absolute atomic E-state index is 0.0305. The van der Waals surface area contributed by atoms with Gasteiger partial charge in [-0.1, -0.05) is 42.5 Å². The van der Waals surface area contributed by atoms with Crippen LogP contribution in [0, 0.1) is 11.7 Å². The molecule has 126 valence electrons. The van der Waals surface area contributed by atoms with Gasteiger partial charge < -0.3 is 5.32 Å². The van der Waals surface area contributed by atoms with Crippen molar-refractivity contribution in [2.75, 3.05) is 13.1 Å². The first-order valence-corrected chi connectivity index (χ1v) is 8.49. The molecule has 4 heteroatoms. The van der Waals surface area contributed by atoms with Gasteiger partial charge >= 0.3 is 0 Å². The number of hydrogen-bond donors (Lipinski definition) is 1. The Kier molecular flexibility index (Phi) is 5.59. The third-order valence-electron chi connectivity index (χ3n) is 4.51. The molecule has 3 rings (SSSR count). The molecule has 2 aromatic rings. The SMILES string of the molecule is O=C(NCc1ccccc1)C1CCCN(Cc2ccc(F)cc2)C1. The highest BCUT2D eigenvalue weighted by atomic mass is 19.1. The fraction of sp³-hybridized carbons (Fsp3) is 0.350. The quantitative estimate of drug-likeness (QED) is 0.914. The topological polar surface area (TPSA) is 32.3 Å². The van der Waals surface area contributed by atoms with Crippen LogP contribution in [0.2, 0.25) is 0 Å². The number of likely N-dealkylation sites (tertiary alicyclic amines) is 1. The standard InChI is InChI=1S/C20H23FN2O/c21-19-10-8-17(9-11-19)14-23-12-4-7-18(15-23)20(24)22-13-16-5-2-1-3-6-16/h1-3,5-6,8-11,18H,4,7,12-15H2,(H,22,24). The van der Waals surface area contributed by atoms with Crippen LogP contribution in [0.5, 0.6) is 0 Å². The van der Waals surface area contributed by atoms with Gasteiger partial charge in [-0.3, -0.25) is 9.69 Å². The second-order valence-electron chi connectivity index (χ2n) is 6.40. The zero-order valence-corrected chi connectivity index (χ0v) is 13.7. The molecular formula is C20H23FN2O. The number of piperidine rings is 1. The molecule has 1 N–H and O–H groups in total. The fourth-order valence-corrected chi connectivity index (χ4v) is 3.19. The molecular weight excluding hydrogens is 303 g/mol. The van der Waals surface area contributed by atoms with Crippen molar-refractivity contribution in [1.82, 2.24) is 10.2 Å². The predicted molar refractivity (Wildman–Crippen MR) is 92.7 cm³/mol. The number of carbonyl (C=O) groups excluding carboxylic acids is 1. The Morgan fingerprint density at radius 3 is 2.58 bits per heavy atom. The molecule has 1 atom stereocenters. The van der Waals surface area contributed by atoms with Crippen LogP contribution >= 0.6 is 0 Å². The Labute approximate surface area is 142 Å². The summed E-state index contributed by atoms with van der Waals surface area (Å²) in [5.41, 5.74) is 2.20. The first kappa shape index (κ1) is 16.7. The van der Waals surface area contributed by atoms with Crippen molar-refractivity contribution in [1.29, 1.82) is 0 Å². The Hall–Kier alpha value is -2.20. The van der Waals surface area contributed by atoms with E-state index >= 15 is 0 Å². The Balaban J connectivity index is 1.51. The van der Waals surface area contributed by atoms with E-state index in [-0.39, 0.29) is 17.6 Å². The lowest BCUT2D eigenvalue weighted by Crippen LogP contribution is -2.42. The summed E-state index contributed by atoms with van der Waals surface area (Å²) < 4.78 is 13.0. The summed E-state index contributed by atoms with van der Waals surface area (Å²) in [6.07, 6.45) is 1.95. The van der Waals surface area contributed by atoms with Gasteiger partial charge in [0.2, 0.25) is 5.91 Å². The van der Waals surface area contributed by atoms with Gasteiger partial charge in [-0.2, -0.15) is 0 Å². The minimum Gasteiger partial charge on any atom is -0.352 e. The van der Waals surface area contributed by atoms with Gasteiger partial charge in [-0.05, 0) is 42.6 Å². The molecule has 1 heterocycles. The third-order valence-corrected chi connectivity index (χ3v) is 4.51. The normalized spacial score (nSPS) is 18.3. The van der Waals surface area contributed by atoms with E-state index in [0.717, 1.165) is 43.6 Å². The molecule has 0 bridgehead atoms. The number of amides is 1. The maximum atomic E-state index is 13.0. The molecule has 24 heavy (non-hydrogen) atoms. The van der Waals surface area contributed by atoms with Crippen LogP contribution in [0.25, 0.3) is 0 Å². The van der Waals surface area contributed by atoms with Gasteiger partial charge in [0.1, 0.15) is 5.82 Å². The summed E-state index contributed by atoms with van der Waals surface area (Å²) in [7, 11) is 0. The van der Waals surface area contributed by atoms with E-state index in [2.05, 4.69) is 10.2 Å². The van der Waals surface area contributed by atoms with Crippen molar-refractivity contribution in [3.8, 4) is 0 Å². The van der Waals surface area contributed by atoms with E-state index in [9.17, 15) is 9.18 Å². The lowest BCUT2D eigenvalue weighted by atomic mass is 9.96. The summed E-state index contributed by atoms with van der Waals surface area (Å²) in [6.45, 7) is 3.09. The van der Waals surface area contributed by atoms with Crippen LogP contribution < -0.4 is 5.32 Å². The third kappa shape index (κ3) is 4.65. The largest absolute Gasteiger partial charge is 0.352 e. The fourth-order valence-electron chi connectivity index (χ4n) is 3.19. The smallest absolute Gasteiger partial charge is 0.224 e. The first-order chi connectivity index (χ1) is 11.7. The highest BCUT2D eigenvalue weighted by Crippen LogP contribution is 2.19. The molecule has 0 aliphatic carbocycles. The van der Waals surface area contributed by atoms with Crippen LogP contribution in [-0.4, -0.2) is 23.9 Å². The number of benzene rings is 2. The van der Waals surface area contributed by atoms with E-state index < -0.39 is 0 Å².